The molecule has 1 fully saturated rings. The first kappa shape index (κ1) is 12.5. The molecule has 1 atom stereocenters. The van der Waals surface area contributed by atoms with Crippen molar-refractivity contribution in [1.29, 1.82) is 0 Å². The summed E-state index contributed by atoms with van der Waals surface area (Å²) in [6.07, 6.45) is 2.96. The van der Waals surface area contributed by atoms with Crippen LogP contribution in [0.25, 0.3) is 0 Å². The fourth-order valence-corrected chi connectivity index (χ4v) is 1.86. The molecule has 4 nitrogen and oxygen atoms in total. The lowest BCUT2D eigenvalue weighted by Crippen LogP contribution is -2.34. The van der Waals surface area contributed by atoms with Gasteiger partial charge >= 0.3 is 5.97 Å². The number of esters is 1. The summed E-state index contributed by atoms with van der Waals surface area (Å²) in [5, 5.41) is 0. The molecule has 0 amide bonds. The van der Waals surface area contributed by atoms with E-state index in [-0.39, 0.29) is 12.0 Å². The molecule has 0 aromatic carbocycles. The second-order valence-electron chi connectivity index (χ2n) is 4.46. The monoisotopic (exact) mass is 214 g/mol. The Morgan fingerprint density at radius 2 is 2.27 bits per heavy atom. The lowest BCUT2D eigenvalue weighted by Gasteiger charge is -2.18. The minimum Gasteiger partial charge on any atom is -0.464 e. The first-order valence-electron chi connectivity index (χ1n) is 5.63. The van der Waals surface area contributed by atoms with Crippen LogP contribution < -0.4 is 0 Å². The Balaban J connectivity index is 2.13. The second kappa shape index (κ2) is 6.08. The molecule has 0 aliphatic carbocycles. The van der Waals surface area contributed by atoms with Crippen LogP contribution in [0.1, 0.15) is 19.3 Å². The van der Waals surface area contributed by atoms with E-state index in [0.717, 1.165) is 32.4 Å². The Morgan fingerprint density at radius 1 is 1.53 bits per heavy atom. The maximum absolute atomic E-state index is 11.6. The van der Waals surface area contributed by atoms with E-state index in [0.29, 0.717) is 6.61 Å². The third-order valence-electron chi connectivity index (χ3n) is 2.79. The van der Waals surface area contributed by atoms with Crippen molar-refractivity contribution in [2.24, 2.45) is 0 Å². The van der Waals surface area contributed by atoms with E-state index < -0.39 is 0 Å². The molecule has 0 bridgehead atoms. The molecule has 88 valence electrons. The zero-order valence-electron chi connectivity index (χ0n) is 10.0. The first-order chi connectivity index (χ1) is 7.11. The lowest BCUT2D eigenvalue weighted by molar-refractivity contribution is -0.148. The van der Waals surface area contributed by atoms with E-state index in [9.17, 15) is 4.79 Å². The normalized spacial score (nSPS) is 22.3. The van der Waals surface area contributed by atoms with Crippen LogP contribution in [-0.4, -0.2) is 62.7 Å². The van der Waals surface area contributed by atoms with Gasteiger partial charge in [-0.25, -0.2) is 0 Å². The molecule has 4 heteroatoms. The van der Waals surface area contributed by atoms with Gasteiger partial charge in [-0.2, -0.15) is 0 Å². The Hall–Kier alpha value is -0.610. The Morgan fingerprint density at radius 3 is 2.80 bits per heavy atom. The highest BCUT2D eigenvalue weighted by Gasteiger charge is 2.28. The van der Waals surface area contributed by atoms with E-state index in [1.807, 2.05) is 21.1 Å². The molecular formula is C11H22N2O2. The van der Waals surface area contributed by atoms with Gasteiger partial charge in [0.1, 0.15) is 6.04 Å². The first-order valence-corrected chi connectivity index (χ1v) is 5.63. The fourth-order valence-electron chi connectivity index (χ4n) is 1.86. The van der Waals surface area contributed by atoms with Crippen LogP contribution in [0.5, 0.6) is 0 Å². The lowest BCUT2D eigenvalue weighted by atomic mass is 10.2. The summed E-state index contributed by atoms with van der Waals surface area (Å²) >= 11 is 0. The summed E-state index contributed by atoms with van der Waals surface area (Å²) in [5.74, 6) is -0.0474. The van der Waals surface area contributed by atoms with Crippen molar-refractivity contribution in [3.8, 4) is 0 Å². The predicted octanol–water partition coefficient (Wildman–Crippen LogP) is 0.575. The maximum atomic E-state index is 11.6. The van der Waals surface area contributed by atoms with Crippen LogP contribution in [0.3, 0.4) is 0 Å². The molecule has 0 aromatic rings. The van der Waals surface area contributed by atoms with Crippen molar-refractivity contribution in [2.45, 2.75) is 25.3 Å². The third-order valence-corrected chi connectivity index (χ3v) is 2.79. The van der Waals surface area contributed by atoms with E-state index in [1.165, 1.54) is 0 Å². The Labute approximate surface area is 92.2 Å². The van der Waals surface area contributed by atoms with E-state index in [1.54, 1.807) is 0 Å². The number of likely N-dealkylation sites (N-methyl/N-ethyl adjacent to an activating group) is 1. The van der Waals surface area contributed by atoms with Gasteiger partial charge in [-0.1, -0.05) is 0 Å². The SMILES string of the molecule is CN(C)CCCOC(=O)[C@H]1CCCN1C. The number of rotatable bonds is 5. The van der Waals surface area contributed by atoms with Gasteiger partial charge in [-0.05, 0) is 47.0 Å². The predicted molar refractivity (Wildman–Crippen MR) is 59.8 cm³/mol. The number of ether oxygens (including phenoxy) is 1. The number of carbonyl (C=O) groups excluding carboxylic acids is 1. The minimum absolute atomic E-state index is 0.00403. The molecule has 1 aliphatic heterocycles. The van der Waals surface area contributed by atoms with Crippen LogP contribution in [-0.2, 0) is 9.53 Å². The molecule has 0 spiro atoms. The summed E-state index contributed by atoms with van der Waals surface area (Å²) in [5.41, 5.74) is 0. The van der Waals surface area contributed by atoms with Crippen molar-refractivity contribution < 1.29 is 9.53 Å². The largest absolute Gasteiger partial charge is 0.464 e. The maximum Gasteiger partial charge on any atom is 0.323 e. The second-order valence-corrected chi connectivity index (χ2v) is 4.46. The van der Waals surface area contributed by atoms with Gasteiger partial charge in [-0.3, -0.25) is 9.69 Å². The molecule has 1 saturated heterocycles. The summed E-state index contributed by atoms with van der Waals surface area (Å²) < 4.78 is 5.24. The summed E-state index contributed by atoms with van der Waals surface area (Å²) in [6.45, 7) is 2.52. The van der Waals surface area contributed by atoms with Gasteiger partial charge in [0.05, 0.1) is 6.61 Å². The number of hydrogen-bond donors (Lipinski definition) is 0. The minimum atomic E-state index is -0.0474. The summed E-state index contributed by atoms with van der Waals surface area (Å²) in [6, 6.07) is 0.00403. The molecule has 0 unspecified atom stereocenters. The van der Waals surface area contributed by atoms with Crippen LogP contribution in [0.15, 0.2) is 0 Å². The molecule has 0 saturated carbocycles. The fraction of sp³-hybridized carbons (Fsp3) is 0.909. The Bertz CT molecular complexity index is 207. The van der Waals surface area contributed by atoms with E-state index in [4.69, 9.17) is 4.74 Å². The van der Waals surface area contributed by atoms with Gasteiger partial charge in [0.15, 0.2) is 0 Å². The van der Waals surface area contributed by atoms with Crippen molar-refractivity contribution >= 4 is 5.97 Å². The Kier molecular flexibility index (Phi) is 5.05. The number of likely N-dealkylation sites (tertiary alicyclic amines) is 1. The zero-order chi connectivity index (χ0) is 11.3. The molecule has 1 heterocycles. The molecule has 1 rings (SSSR count). The van der Waals surface area contributed by atoms with E-state index in [2.05, 4.69) is 9.80 Å². The van der Waals surface area contributed by atoms with Crippen LogP contribution in [0, 0.1) is 0 Å². The van der Waals surface area contributed by atoms with Gasteiger partial charge in [0.25, 0.3) is 0 Å². The summed E-state index contributed by atoms with van der Waals surface area (Å²) in [4.78, 5) is 15.8. The molecular weight excluding hydrogens is 192 g/mol. The van der Waals surface area contributed by atoms with Gasteiger partial charge in [-0.15, -0.1) is 0 Å². The summed E-state index contributed by atoms with van der Waals surface area (Å²) in [7, 11) is 6.03. The zero-order valence-corrected chi connectivity index (χ0v) is 10.0. The van der Waals surface area contributed by atoms with Gasteiger partial charge in [0, 0.05) is 6.54 Å². The highest BCUT2D eigenvalue weighted by atomic mass is 16.5. The smallest absolute Gasteiger partial charge is 0.323 e. The highest BCUT2D eigenvalue weighted by molar-refractivity contribution is 5.76. The third kappa shape index (κ3) is 4.18. The molecule has 0 radical (unpaired) electrons. The number of hydrogen-bond acceptors (Lipinski definition) is 4. The van der Waals surface area contributed by atoms with Crippen LogP contribution >= 0.6 is 0 Å². The molecule has 15 heavy (non-hydrogen) atoms. The quantitative estimate of drug-likeness (QED) is 0.495. The van der Waals surface area contributed by atoms with Crippen molar-refractivity contribution in [1.82, 2.24) is 9.80 Å². The van der Waals surface area contributed by atoms with Crippen LogP contribution in [0.4, 0.5) is 0 Å². The highest BCUT2D eigenvalue weighted by Crippen LogP contribution is 2.15. The molecule has 0 aromatic heterocycles. The van der Waals surface area contributed by atoms with Crippen LogP contribution in [0.2, 0.25) is 0 Å². The molecule has 0 N–H and O–H groups in total. The van der Waals surface area contributed by atoms with Crippen molar-refractivity contribution in [2.75, 3.05) is 40.8 Å². The van der Waals surface area contributed by atoms with E-state index >= 15 is 0 Å². The van der Waals surface area contributed by atoms with Crippen molar-refractivity contribution in [3.63, 3.8) is 0 Å². The van der Waals surface area contributed by atoms with Gasteiger partial charge < -0.3 is 9.64 Å². The van der Waals surface area contributed by atoms with Crippen molar-refractivity contribution in [3.05, 3.63) is 0 Å². The number of carbonyl (C=O) groups is 1. The van der Waals surface area contributed by atoms with Gasteiger partial charge in [0.2, 0.25) is 0 Å². The topological polar surface area (TPSA) is 32.8 Å². The number of nitrogens with zero attached hydrogens (tertiary/aromatic N) is 2. The average Bonchev–Trinajstić information content (AvgIpc) is 2.58. The molecule has 1 aliphatic rings. The standard InChI is InChI=1S/C11H22N2O2/c1-12(2)7-5-9-15-11(14)10-6-4-8-13(10)3/h10H,4-9H2,1-3H3/t10-/m1/s1. The average molecular weight is 214 g/mol.